The molecule has 1 heterocycles. The molecule has 20 heavy (non-hydrogen) atoms. The van der Waals surface area contributed by atoms with Crippen LogP contribution in [0, 0.1) is 0 Å². The topological polar surface area (TPSA) is 55.6 Å². The van der Waals surface area contributed by atoms with Gasteiger partial charge in [0.15, 0.2) is 0 Å². The maximum absolute atomic E-state index is 11.7. The molecule has 4 nitrogen and oxygen atoms in total. The number of hydrogen-bond donors (Lipinski definition) is 1. The van der Waals surface area contributed by atoms with E-state index in [1.165, 1.54) is 12.0 Å². The summed E-state index contributed by atoms with van der Waals surface area (Å²) in [7, 11) is 3.35. The minimum absolute atomic E-state index is 0.226. The molecule has 0 spiro atoms. The van der Waals surface area contributed by atoms with Crippen LogP contribution in [-0.4, -0.2) is 20.1 Å². The molecule has 0 fully saturated rings. The van der Waals surface area contributed by atoms with Gasteiger partial charge in [0, 0.05) is 23.3 Å². The third-order valence-corrected chi connectivity index (χ3v) is 4.43. The molecular weight excluding hydrogens is 272 g/mol. The molecule has 1 aromatic carbocycles. The fraction of sp³-hybridized carbons (Fsp3) is 0.267. The van der Waals surface area contributed by atoms with Gasteiger partial charge in [-0.3, -0.25) is 0 Å². The van der Waals surface area contributed by atoms with Crippen molar-refractivity contribution in [1.29, 1.82) is 0 Å². The van der Waals surface area contributed by atoms with Gasteiger partial charge in [-0.25, -0.2) is 4.79 Å². The Labute approximate surface area is 122 Å². The Morgan fingerprint density at radius 1 is 1.40 bits per heavy atom. The molecular formula is C15H18N2O2S. The Kier molecular flexibility index (Phi) is 4.29. The lowest BCUT2D eigenvalue weighted by Crippen LogP contribution is -2.21. The molecule has 2 aromatic rings. The Balaban J connectivity index is 2.31. The molecule has 0 aliphatic rings. The standard InChI is InChI=1S/C15H18N2O2S/c1-10(14-5-4-8-20-14)17(2)11-6-7-13(16)12(9-11)15(18)19-3/h4-10H,16H2,1-3H3. The van der Waals surface area contributed by atoms with Crippen LogP contribution >= 0.6 is 11.3 Å². The van der Waals surface area contributed by atoms with Crippen LogP contribution in [0.3, 0.4) is 0 Å². The summed E-state index contributed by atoms with van der Waals surface area (Å²) in [5, 5.41) is 2.06. The van der Waals surface area contributed by atoms with Crippen LogP contribution in [0.2, 0.25) is 0 Å². The third kappa shape index (κ3) is 2.77. The van der Waals surface area contributed by atoms with E-state index in [0.29, 0.717) is 11.3 Å². The summed E-state index contributed by atoms with van der Waals surface area (Å²) in [5.41, 5.74) is 7.58. The Morgan fingerprint density at radius 3 is 2.75 bits per heavy atom. The zero-order valence-electron chi connectivity index (χ0n) is 11.8. The average Bonchev–Trinajstić information content (AvgIpc) is 2.99. The molecule has 0 bridgehead atoms. The summed E-state index contributed by atoms with van der Waals surface area (Å²) in [4.78, 5) is 15.1. The second kappa shape index (κ2) is 5.96. The van der Waals surface area contributed by atoms with Gasteiger partial charge in [0.05, 0.1) is 18.7 Å². The number of carbonyl (C=O) groups excluding carboxylic acids is 1. The second-order valence-corrected chi connectivity index (χ2v) is 5.54. The van der Waals surface area contributed by atoms with Crippen molar-refractivity contribution in [3.63, 3.8) is 0 Å². The highest BCUT2D eigenvalue weighted by molar-refractivity contribution is 7.10. The highest BCUT2D eigenvalue weighted by Gasteiger charge is 2.16. The van der Waals surface area contributed by atoms with Gasteiger partial charge >= 0.3 is 5.97 Å². The number of nitrogens with zero attached hydrogens (tertiary/aromatic N) is 1. The normalized spacial score (nSPS) is 11.9. The zero-order valence-corrected chi connectivity index (χ0v) is 12.6. The SMILES string of the molecule is COC(=O)c1cc(N(C)C(C)c2cccs2)ccc1N. The summed E-state index contributed by atoms with van der Waals surface area (Å²) in [6.07, 6.45) is 0. The largest absolute Gasteiger partial charge is 0.465 e. The van der Waals surface area contributed by atoms with E-state index in [0.717, 1.165) is 5.69 Å². The number of methoxy groups -OCH3 is 1. The van der Waals surface area contributed by atoms with Crippen molar-refractivity contribution in [2.75, 3.05) is 24.8 Å². The first-order valence-corrected chi connectivity index (χ1v) is 7.16. The predicted octanol–water partition coefficient (Wildman–Crippen LogP) is 3.31. The van der Waals surface area contributed by atoms with E-state index in [1.54, 1.807) is 23.5 Å². The second-order valence-electron chi connectivity index (χ2n) is 4.57. The van der Waals surface area contributed by atoms with Gasteiger partial charge in [0.1, 0.15) is 0 Å². The highest BCUT2D eigenvalue weighted by atomic mass is 32.1. The summed E-state index contributed by atoms with van der Waals surface area (Å²) < 4.78 is 4.75. The lowest BCUT2D eigenvalue weighted by atomic mass is 10.1. The number of nitrogen functional groups attached to an aromatic ring is 1. The third-order valence-electron chi connectivity index (χ3n) is 3.39. The predicted molar refractivity (Wildman–Crippen MR) is 83.3 cm³/mol. The van der Waals surface area contributed by atoms with Crippen molar-refractivity contribution in [2.24, 2.45) is 0 Å². The minimum atomic E-state index is -0.415. The smallest absolute Gasteiger partial charge is 0.340 e. The molecule has 0 radical (unpaired) electrons. The van der Waals surface area contributed by atoms with Gasteiger partial charge in [-0.05, 0) is 36.6 Å². The van der Waals surface area contributed by atoms with Gasteiger partial charge in [-0.2, -0.15) is 0 Å². The van der Waals surface area contributed by atoms with Crippen LogP contribution < -0.4 is 10.6 Å². The lowest BCUT2D eigenvalue weighted by Gasteiger charge is -2.26. The van der Waals surface area contributed by atoms with Gasteiger partial charge in [0.2, 0.25) is 0 Å². The number of carbonyl (C=O) groups is 1. The van der Waals surface area contributed by atoms with E-state index in [-0.39, 0.29) is 6.04 Å². The number of nitrogens with two attached hydrogens (primary N) is 1. The Hall–Kier alpha value is -2.01. The zero-order chi connectivity index (χ0) is 14.7. The quantitative estimate of drug-likeness (QED) is 0.693. The molecule has 1 unspecified atom stereocenters. The number of thiophene rings is 1. The molecule has 1 atom stereocenters. The minimum Gasteiger partial charge on any atom is -0.465 e. The average molecular weight is 290 g/mol. The Bertz CT molecular complexity index is 596. The van der Waals surface area contributed by atoms with E-state index in [4.69, 9.17) is 10.5 Å². The molecule has 0 saturated heterocycles. The van der Waals surface area contributed by atoms with E-state index in [2.05, 4.69) is 23.3 Å². The van der Waals surface area contributed by atoms with E-state index >= 15 is 0 Å². The number of hydrogen-bond acceptors (Lipinski definition) is 5. The lowest BCUT2D eigenvalue weighted by molar-refractivity contribution is 0.0602. The van der Waals surface area contributed by atoms with E-state index < -0.39 is 5.97 Å². The summed E-state index contributed by atoms with van der Waals surface area (Å²) in [6.45, 7) is 2.13. The molecule has 5 heteroatoms. The number of anilines is 2. The van der Waals surface area contributed by atoms with Crippen molar-refractivity contribution >= 4 is 28.7 Å². The Morgan fingerprint density at radius 2 is 2.15 bits per heavy atom. The van der Waals surface area contributed by atoms with Crippen LogP contribution in [0.4, 0.5) is 11.4 Å². The van der Waals surface area contributed by atoms with Crippen LogP contribution in [0.25, 0.3) is 0 Å². The first-order valence-electron chi connectivity index (χ1n) is 6.28. The molecule has 106 valence electrons. The number of ether oxygens (including phenoxy) is 1. The van der Waals surface area contributed by atoms with Gasteiger partial charge in [-0.1, -0.05) is 6.07 Å². The molecule has 0 saturated carbocycles. The van der Waals surface area contributed by atoms with Crippen molar-refractivity contribution in [3.05, 3.63) is 46.2 Å². The molecule has 2 N–H and O–H groups in total. The first-order chi connectivity index (χ1) is 9.54. The van der Waals surface area contributed by atoms with Crippen molar-refractivity contribution in [2.45, 2.75) is 13.0 Å². The fourth-order valence-corrected chi connectivity index (χ4v) is 2.82. The molecule has 0 aliphatic heterocycles. The van der Waals surface area contributed by atoms with Gasteiger partial charge < -0.3 is 15.4 Å². The molecule has 2 rings (SSSR count). The van der Waals surface area contributed by atoms with Crippen molar-refractivity contribution < 1.29 is 9.53 Å². The number of benzene rings is 1. The highest BCUT2D eigenvalue weighted by Crippen LogP contribution is 2.30. The van der Waals surface area contributed by atoms with Crippen molar-refractivity contribution in [1.82, 2.24) is 0 Å². The van der Waals surface area contributed by atoms with Crippen LogP contribution in [0.1, 0.15) is 28.2 Å². The maximum atomic E-state index is 11.7. The van der Waals surface area contributed by atoms with E-state index in [9.17, 15) is 4.79 Å². The van der Waals surface area contributed by atoms with Gasteiger partial charge in [-0.15, -0.1) is 11.3 Å². The van der Waals surface area contributed by atoms with Crippen LogP contribution in [0.15, 0.2) is 35.7 Å². The fourth-order valence-electron chi connectivity index (χ4n) is 1.99. The van der Waals surface area contributed by atoms with Crippen LogP contribution in [0.5, 0.6) is 0 Å². The molecule has 1 aromatic heterocycles. The maximum Gasteiger partial charge on any atom is 0.340 e. The van der Waals surface area contributed by atoms with Crippen molar-refractivity contribution in [3.8, 4) is 0 Å². The summed E-state index contributed by atoms with van der Waals surface area (Å²) in [5.74, 6) is -0.415. The van der Waals surface area contributed by atoms with E-state index in [1.807, 2.05) is 19.2 Å². The monoisotopic (exact) mass is 290 g/mol. The number of esters is 1. The first kappa shape index (κ1) is 14.4. The van der Waals surface area contributed by atoms with Gasteiger partial charge in [0.25, 0.3) is 0 Å². The number of rotatable bonds is 4. The summed E-state index contributed by atoms with van der Waals surface area (Å²) in [6, 6.07) is 9.78. The molecule has 0 aliphatic carbocycles. The summed E-state index contributed by atoms with van der Waals surface area (Å²) >= 11 is 1.71. The van der Waals surface area contributed by atoms with Crippen LogP contribution in [-0.2, 0) is 4.74 Å². The molecule has 0 amide bonds.